The van der Waals surface area contributed by atoms with E-state index in [9.17, 15) is 19.7 Å². The van der Waals surface area contributed by atoms with Crippen LogP contribution in [0.1, 0.15) is 31.4 Å². The number of nitro benzene ring substituents is 1. The first-order chi connectivity index (χ1) is 13.4. The van der Waals surface area contributed by atoms with Crippen molar-refractivity contribution in [1.82, 2.24) is 5.32 Å². The average molecular weight is 381 g/mol. The topological polar surface area (TPSA) is 101 Å². The lowest BCUT2D eigenvalue weighted by molar-refractivity contribution is -0.384. The Kier molecular flexibility index (Phi) is 7.45. The maximum atomic E-state index is 12.0. The Balaban J connectivity index is 1.89. The van der Waals surface area contributed by atoms with E-state index in [1.807, 2.05) is 32.0 Å². The molecule has 0 fully saturated rings. The number of nitrogens with one attached hydrogen (secondary N) is 2. The molecule has 0 aliphatic rings. The summed E-state index contributed by atoms with van der Waals surface area (Å²) in [7, 11) is 0. The van der Waals surface area contributed by atoms with Gasteiger partial charge < -0.3 is 10.6 Å². The van der Waals surface area contributed by atoms with Crippen LogP contribution < -0.4 is 10.6 Å². The highest BCUT2D eigenvalue weighted by molar-refractivity contribution is 5.93. The van der Waals surface area contributed by atoms with Crippen molar-refractivity contribution in [2.75, 3.05) is 5.32 Å². The van der Waals surface area contributed by atoms with Gasteiger partial charge in [-0.2, -0.15) is 0 Å². The molecule has 7 heteroatoms. The van der Waals surface area contributed by atoms with E-state index in [0.717, 1.165) is 12.0 Å². The first-order valence-electron chi connectivity index (χ1n) is 8.99. The monoisotopic (exact) mass is 381 g/mol. The fourth-order valence-corrected chi connectivity index (χ4v) is 2.34. The Labute approximate surface area is 163 Å². The van der Waals surface area contributed by atoms with Crippen LogP contribution in [0.15, 0.2) is 54.6 Å². The van der Waals surface area contributed by atoms with Gasteiger partial charge in [0.25, 0.3) is 5.69 Å². The number of non-ortho nitro benzene ring substituents is 1. The number of anilines is 1. The number of hydrogen-bond acceptors (Lipinski definition) is 4. The minimum Gasteiger partial charge on any atom is -0.348 e. The lowest BCUT2D eigenvalue weighted by Crippen LogP contribution is -2.21. The van der Waals surface area contributed by atoms with Crippen LogP contribution in [0.4, 0.5) is 11.4 Å². The summed E-state index contributed by atoms with van der Waals surface area (Å²) in [4.78, 5) is 34.1. The van der Waals surface area contributed by atoms with Crippen LogP contribution in [-0.4, -0.2) is 16.7 Å². The third-order valence-electron chi connectivity index (χ3n) is 4.25. The van der Waals surface area contributed by atoms with E-state index in [4.69, 9.17) is 0 Å². The molecule has 1 unspecified atom stereocenters. The van der Waals surface area contributed by atoms with Crippen LogP contribution >= 0.6 is 0 Å². The lowest BCUT2D eigenvalue weighted by Gasteiger charge is -2.11. The number of benzene rings is 2. The second-order valence-electron chi connectivity index (χ2n) is 6.40. The van der Waals surface area contributed by atoms with Gasteiger partial charge in [0.2, 0.25) is 11.8 Å². The Morgan fingerprint density at radius 2 is 1.89 bits per heavy atom. The van der Waals surface area contributed by atoms with E-state index in [2.05, 4.69) is 10.6 Å². The van der Waals surface area contributed by atoms with Gasteiger partial charge in [-0.15, -0.1) is 0 Å². The van der Waals surface area contributed by atoms with E-state index in [1.165, 1.54) is 18.2 Å². The molecule has 0 heterocycles. The van der Waals surface area contributed by atoms with Crippen molar-refractivity contribution >= 4 is 29.3 Å². The zero-order chi connectivity index (χ0) is 20.5. The molecule has 7 nitrogen and oxygen atoms in total. The molecular weight excluding hydrogens is 358 g/mol. The van der Waals surface area contributed by atoms with Crippen molar-refractivity contribution < 1.29 is 14.5 Å². The minimum absolute atomic E-state index is 0.00176. The molecule has 0 saturated carbocycles. The molecule has 0 aliphatic carbocycles. The van der Waals surface area contributed by atoms with Crippen molar-refractivity contribution in [2.45, 2.75) is 26.8 Å². The first-order valence-corrected chi connectivity index (χ1v) is 8.99. The Morgan fingerprint density at radius 1 is 1.18 bits per heavy atom. The van der Waals surface area contributed by atoms with Gasteiger partial charge in [-0.25, -0.2) is 0 Å². The number of carbonyl (C=O) groups is 2. The standard InChI is InChI=1S/C21H23N3O4/c1-3-15(2)21(26)23-18-6-4-5-17(13-18)14-22-20(25)12-9-16-7-10-19(11-8-16)24(27)28/h4-13,15H,3,14H2,1-2H3,(H,22,25)(H,23,26)/b12-9+. The van der Waals surface area contributed by atoms with Gasteiger partial charge in [0.1, 0.15) is 0 Å². The second kappa shape index (κ2) is 10.0. The molecule has 2 N–H and O–H groups in total. The summed E-state index contributed by atoms with van der Waals surface area (Å²) in [5.41, 5.74) is 2.25. The molecule has 0 aromatic heterocycles. The summed E-state index contributed by atoms with van der Waals surface area (Å²) in [5.74, 6) is -0.380. The van der Waals surface area contributed by atoms with Crippen molar-refractivity contribution in [3.63, 3.8) is 0 Å². The van der Waals surface area contributed by atoms with Crippen LogP contribution in [0.2, 0.25) is 0 Å². The zero-order valence-corrected chi connectivity index (χ0v) is 15.8. The van der Waals surface area contributed by atoms with Gasteiger partial charge >= 0.3 is 0 Å². The van der Waals surface area contributed by atoms with E-state index in [1.54, 1.807) is 24.3 Å². The van der Waals surface area contributed by atoms with Gasteiger partial charge in [-0.05, 0) is 47.9 Å². The van der Waals surface area contributed by atoms with E-state index in [-0.39, 0.29) is 23.4 Å². The predicted molar refractivity (Wildman–Crippen MR) is 109 cm³/mol. The highest BCUT2D eigenvalue weighted by Gasteiger charge is 2.10. The summed E-state index contributed by atoms with van der Waals surface area (Å²) in [6.07, 6.45) is 3.72. The first kappa shape index (κ1) is 20.8. The molecule has 0 saturated heterocycles. The van der Waals surface area contributed by atoms with E-state index < -0.39 is 4.92 Å². The van der Waals surface area contributed by atoms with Crippen LogP contribution in [0.3, 0.4) is 0 Å². The third-order valence-corrected chi connectivity index (χ3v) is 4.25. The Bertz CT molecular complexity index is 875. The summed E-state index contributed by atoms with van der Waals surface area (Å²) >= 11 is 0. The molecule has 2 aromatic rings. The fourth-order valence-electron chi connectivity index (χ4n) is 2.34. The van der Waals surface area contributed by atoms with Crippen molar-refractivity contribution in [2.24, 2.45) is 5.92 Å². The lowest BCUT2D eigenvalue weighted by atomic mass is 10.1. The maximum Gasteiger partial charge on any atom is 0.269 e. The van der Waals surface area contributed by atoms with Crippen LogP contribution in [-0.2, 0) is 16.1 Å². The van der Waals surface area contributed by atoms with Crippen molar-refractivity contribution in [1.29, 1.82) is 0 Å². The number of hydrogen-bond donors (Lipinski definition) is 2. The molecule has 0 spiro atoms. The smallest absolute Gasteiger partial charge is 0.269 e. The second-order valence-corrected chi connectivity index (χ2v) is 6.40. The quantitative estimate of drug-likeness (QED) is 0.411. The predicted octanol–water partition coefficient (Wildman–Crippen LogP) is 3.91. The van der Waals surface area contributed by atoms with Gasteiger partial charge in [-0.1, -0.05) is 26.0 Å². The van der Waals surface area contributed by atoms with E-state index in [0.29, 0.717) is 17.8 Å². The summed E-state index contributed by atoms with van der Waals surface area (Å²) in [6.45, 7) is 4.15. The van der Waals surface area contributed by atoms with Gasteiger partial charge in [0.15, 0.2) is 0 Å². The molecule has 28 heavy (non-hydrogen) atoms. The third kappa shape index (κ3) is 6.35. The number of amides is 2. The maximum absolute atomic E-state index is 12.0. The molecule has 2 amide bonds. The molecule has 0 aliphatic heterocycles. The van der Waals surface area contributed by atoms with Gasteiger partial charge in [-0.3, -0.25) is 19.7 Å². The van der Waals surface area contributed by atoms with Gasteiger partial charge in [0.05, 0.1) is 4.92 Å². The molecule has 2 rings (SSSR count). The molecule has 0 radical (unpaired) electrons. The molecular formula is C21H23N3O4. The highest BCUT2D eigenvalue weighted by Crippen LogP contribution is 2.14. The molecule has 146 valence electrons. The molecule has 2 aromatic carbocycles. The number of nitrogens with zero attached hydrogens (tertiary/aromatic N) is 1. The Morgan fingerprint density at radius 3 is 2.54 bits per heavy atom. The summed E-state index contributed by atoms with van der Waals surface area (Å²) in [6, 6.07) is 13.2. The largest absolute Gasteiger partial charge is 0.348 e. The van der Waals surface area contributed by atoms with Crippen LogP contribution in [0.25, 0.3) is 6.08 Å². The van der Waals surface area contributed by atoms with E-state index >= 15 is 0 Å². The SMILES string of the molecule is CCC(C)C(=O)Nc1cccc(CNC(=O)/C=C/c2ccc([N+](=O)[O-])cc2)c1. The number of rotatable bonds is 8. The number of nitro groups is 1. The number of carbonyl (C=O) groups excluding carboxylic acids is 2. The van der Waals surface area contributed by atoms with Crippen molar-refractivity contribution in [3.8, 4) is 0 Å². The van der Waals surface area contributed by atoms with Crippen LogP contribution in [0.5, 0.6) is 0 Å². The van der Waals surface area contributed by atoms with Crippen LogP contribution in [0, 0.1) is 16.0 Å². The highest BCUT2D eigenvalue weighted by atomic mass is 16.6. The zero-order valence-electron chi connectivity index (χ0n) is 15.8. The average Bonchev–Trinajstić information content (AvgIpc) is 2.70. The van der Waals surface area contributed by atoms with Crippen molar-refractivity contribution in [3.05, 3.63) is 75.8 Å². The Hall–Kier alpha value is -3.48. The minimum atomic E-state index is -0.473. The fraction of sp³-hybridized carbons (Fsp3) is 0.238. The summed E-state index contributed by atoms with van der Waals surface area (Å²) < 4.78 is 0. The normalized spacial score (nSPS) is 11.8. The molecule has 0 bridgehead atoms. The molecule has 1 atom stereocenters. The summed E-state index contributed by atoms with van der Waals surface area (Å²) in [5, 5.41) is 16.3. The van der Waals surface area contributed by atoms with Gasteiger partial charge in [0, 0.05) is 36.4 Å².